The van der Waals surface area contributed by atoms with Gasteiger partial charge >= 0.3 is 5.97 Å². The van der Waals surface area contributed by atoms with Gasteiger partial charge in [0.2, 0.25) is 0 Å². The summed E-state index contributed by atoms with van der Waals surface area (Å²) in [6.45, 7) is 2.06. The zero-order valence-corrected chi connectivity index (χ0v) is 16.4. The summed E-state index contributed by atoms with van der Waals surface area (Å²) >= 11 is 1.51. The van der Waals surface area contributed by atoms with Crippen molar-refractivity contribution in [3.05, 3.63) is 60.9 Å². The van der Waals surface area contributed by atoms with E-state index in [-0.39, 0.29) is 18.3 Å². The monoisotopic (exact) mass is 408 g/mol. The SMILES string of the molecule is CCOC(=O)CNc1ncnc2sc(-c3ccncc3)c(-c3ccc(F)cc3)c12. The quantitative estimate of drug-likeness (QED) is 0.472. The minimum atomic E-state index is -0.368. The van der Waals surface area contributed by atoms with Gasteiger partial charge in [-0.2, -0.15) is 0 Å². The van der Waals surface area contributed by atoms with Gasteiger partial charge in [-0.05, 0) is 42.3 Å². The Balaban J connectivity index is 1.89. The lowest BCUT2D eigenvalue weighted by molar-refractivity contribution is -0.140. The third-order valence-electron chi connectivity index (χ3n) is 4.27. The second-order valence-corrected chi connectivity index (χ2v) is 7.11. The summed E-state index contributed by atoms with van der Waals surface area (Å²) in [5.74, 6) is -0.151. The summed E-state index contributed by atoms with van der Waals surface area (Å²) in [4.78, 5) is 26.4. The molecular formula is C21H17FN4O2S. The minimum Gasteiger partial charge on any atom is -0.465 e. The molecule has 29 heavy (non-hydrogen) atoms. The molecule has 0 saturated heterocycles. The summed E-state index contributed by atoms with van der Waals surface area (Å²) < 4.78 is 18.5. The van der Waals surface area contributed by atoms with Crippen LogP contribution in [-0.2, 0) is 9.53 Å². The molecule has 0 unspecified atom stereocenters. The van der Waals surface area contributed by atoms with Crippen LogP contribution in [0.15, 0.2) is 55.1 Å². The van der Waals surface area contributed by atoms with Gasteiger partial charge in [-0.25, -0.2) is 14.4 Å². The molecule has 0 atom stereocenters. The molecule has 0 radical (unpaired) electrons. The van der Waals surface area contributed by atoms with Gasteiger partial charge in [0.05, 0.1) is 12.0 Å². The van der Waals surface area contributed by atoms with E-state index in [1.807, 2.05) is 12.1 Å². The van der Waals surface area contributed by atoms with Crippen molar-refractivity contribution in [2.75, 3.05) is 18.5 Å². The maximum Gasteiger partial charge on any atom is 0.325 e. The highest BCUT2D eigenvalue weighted by atomic mass is 32.1. The number of esters is 1. The first-order valence-electron chi connectivity index (χ1n) is 9.00. The van der Waals surface area contributed by atoms with E-state index in [2.05, 4.69) is 20.3 Å². The van der Waals surface area contributed by atoms with Crippen LogP contribution in [0.4, 0.5) is 10.2 Å². The Labute approximate surface area is 170 Å². The molecule has 3 aromatic heterocycles. The summed E-state index contributed by atoms with van der Waals surface area (Å²) in [6, 6.07) is 10.1. The summed E-state index contributed by atoms with van der Waals surface area (Å²) in [7, 11) is 0. The second-order valence-electron chi connectivity index (χ2n) is 6.11. The molecule has 0 bridgehead atoms. The maximum atomic E-state index is 13.5. The van der Waals surface area contributed by atoms with Gasteiger partial charge in [-0.3, -0.25) is 9.78 Å². The molecule has 0 aliphatic rings. The highest BCUT2D eigenvalue weighted by molar-refractivity contribution is 7.22. The van der Waals surface area contributed by atoms with Crippen molar-refractivity contribution < 1.29 is 13.9 Å². The Morgan fingerprint density at radius 1 is 1.10 bits per heavy atom. The molecule has 0 saturated carbocycles. The lowest BCUT2D eigenvalue weighted by atomic mass is 10.00. The Hall–Kier alpha value is -3.39. The summed E-state index contributed by atoms with van der Waals surface area (Å²) in [5.41, 5.74) is 2.68. The van der Waals surface area contributed by atoms with Crippen molar-refractivity contribution in [1.82, 2.24) is 15.0 Å². The van der Waals surface area contributed by atoms with Crippen LogP contribution in [0.25, 0.3) is 31.8 Å². The van der Waals surface area contributed by atoms with E-state index in [4.69, 9.17) is 4.74 Å². The van der Waals surface area contributed by atoms with Crippen LogP contribution in [0.3, 0.4) is 0 Å². The van der Waals surface area contributed by atoms with Crippen molar-refractivity contribution in [2.45, 2.75) is 6.92 Å². The van der Waals surface area contributed by atoms with Gasteiger partial charge in [-0.1, -0.05) is 12.1 Å². The van der Waals surface area contributed by atoms with E-state index >= 15 is 0 Å². The van der Waals surface area contributed by atoms with Crippen LogP contribution in [0.1, 0.15) is 6.92 Å². The van der Waals surface area contributed by atoms with Gasteiger partial charge < -0.3 is 10.1 Å². The normalized spacial score (nSPS) is 10.8. The summed E-state index contributed by atoms with van der Waals surface area (Å²) in [6.07, 6.45) is 4.90. The molecule has 8 heteroatoms. The molecule has 0 spiro atoms. The largest absolute Gasteiger partial charge is 0.465 e. The third-order valence-corrected chi connectivity index (χ3v) is 5.42. The zero-order valence-electron chi connectivity index (χ0n) is 15.6. The van der Waals surface area contributed by atoms with Crippen LogP contribution in [-0.4, -0.2) is 34.1 Å². The Morgan fingerprint density at radius 3 is 2.59 bits per heavy atom. The number of carbonyl (C=O) groups is 1. The highest BCUT2D eigenvalue weighted by Crippen LogP contribution is 2.45. The average molecular weight is 408 g/mol. The van der Waals surface area contributed by atoms with E-state index < -0.39 is 0 Å². The van der Waals surface area contributed by atoms with Crippen molar-refractivity contribution in [3.8, 4) is 21.6 Å². The molecule has 0 aliphatic carbocycles. The average Bonchev–Trinajstić information content (AvgIpc) is 3.14. The number of hydrogen-bond acceptors (Lipinski definition) is 7. The molecule has 0 amide bonds. The third kappa shape index (κ3) is 3.93. The summed E-state index contributed by atoms with van der Waals surface area (Å²) in [5, 5.41) is 3.83. The number of ether oxygens (including phenoxy) is 1. The predicted molar refractivity (Wildman–Crippen MR) is 111 cm³/mol. The van der Waals surface area contributed by atoms with E-state index in [1.165, 1.54) is 29.8 Å². The van der Waals surface area contributed by atoms with Gasteiger partial charge in [-0.15, -0.1) is 11.3 Å². The number of nitrogens with zero attached hydrogens (tertiary/aromatic N) is 3. The van der Waals surface area contributed by atoms with Crippen LogP contribution < -0.4 is 5.32 Å². The van der Waals surface area contributed by atoms with Gasteiger partial charge in [0, 0.05) is 22.8 Å². The van der Waals surface area contributed by atoms with Crippen molar-refractivity contribution >= 4 is 33.3 Å². The Bertz CT molecular complexity index is 1150. The van der Waals surface area contributed by atoms with Gasteiger partial charge in [0.25, 0.3) is 0 Å². The number of carbonyl (C=O) groups excluding carboxylic acids is 1. The molecule has 4 aromatic rings. The molecule has 0 aliphatic heterocycles. The standard InChI is InChI=1S/C21H17FN4O2S/c1-2-28-16(27)11-24-20-18-17(13-3-5-15(22)6-4-13)19(14-7-9-23-10-8-14)29-21(18)26-12-25-20/h3-10,12H,2,11H2,1H3,(H,24,25,26). The lowest BCUT2D eigenvalue weighted by Crippen LogP contribution is -2.17. The fourth-order valence-electron chi connectivity index (χ4n) is 3.03. The number of benzene rings is 1. The molecule has 4 rings (SSSR count). The number of nitrogens with one attached hydrogen (secondary N) is 1. The maximum absolute atomic E-state index is 13.5. The van der Waals surface area contributed by atoms with Crippen LogP contribution in [0.5, 0.6) is 0 Å². The van der Waals surface area contributed by atoms with Crippen LogP contribution in [0, 0.1) is 5.82 Å². The number of thiophene rings is 1. The molecule has 1 aromatic carbocycles. The van der Waals surface area contributed by atoms with E-state index in [0.29, 0.717) is 12.4 Å². The molecular weight excluding hydrogens is 391 g/mol. The van der Waals surface area contributed by atoms with Crippen molar-refractivity contribution in [3.63, 3.8) is 0 Å². The Kier molecular flexibility index (Phi) is 5.44. The molecule has 0 fully saturated rings. The second kappa shape index (κ2) is 8.32. The molecule has 6 nitrogen and oxygen atoms in total. The smallest absolute Gasteiger partial charge is 0.325 e. The first-order valence-corrected chi connectivity index (χ1v) is 9.82. The fraction of sp³-hybridized carbons (Fsp3) is 0.143. The van der Waals surface area contributed by atoms with E-state index in [1.54, 1.807) is 31.5 Å². The minimum absolute atomic E-state index is 0.0107. The topological polar surface area (TPSA) is 77.0 Å². The first kappa shape index (κ1) is 18.9. The number of fused-ring (bicyclic) bond motifs is 1. The Morgan fingerprint density at radius 2 is 1.86 bits per heavy atom. The van der Waals surface area contributed by atoms with Crippen molar-refractivity contribution in [1.29, 1.82) is 0 Å². The van der Waals surface area contributed by atoms with E-state index in [0.717, 1.165) is 31.8 Å². The van der Waals surface area contributed by atoms with Crippen LogP contribution >= 0.6 is 11.3 Å². The zero-order chi connectivity index (χ0) is 20.2. The van der Waals surface area contributed by atoms with Crippen LogP contribution in [0.2, 0.25) is 0 Å². The molecule has 1 N–H and O–H groups in total. The van der Waals surface area contributed by atoms with Gasteiger partial charge in [0.1, 0.15) is 29.3 Å². The molecule has 146 valence electrons. The van der Waals surface area contributed by atoms with E-state index in [9.17, 15) is 9.18 Å². The number of pyridine rings is 1. The van der Waals surface area contributed by atoms with Gasteiger partial charge in [0.15, 0.2) is 0 Å². The predicted octanol–water partition coefficient (Wildman–Crippen LogP) is 4.53. The number of rotatable bonds is 6. The number of halogens is 1. The molecule has 3 heterocycles. The number of hydrogen-bond donors (Lipinski definition) is 1. The number of aromatic nitrogens is 3. The number of anilines is 1. The first-order chi connectivity index (χ1) is 14.2. The van der Waals surface area contributed by atoms with Crippen molar-refractivity contribution in [2.24, 2.45) is 0 Å². The fourth-order valence-corrected chi connectivity index (χ4v) is 4.20. The highest BCUT2D eigenvalue weighted by Gasteiger charge is 2.20. The lowest BCUT2D eigenvalue weighted by Gasteiger charge is -2.09.